The lowest BCUT2D eigenvalue weighted by Gasteiger charge is -2.18. The first-order valence-corrected chi connectivity index (χ1v) is 4.84. The summed E-state index contributed by atoms with van der Waals surface area (Å²) in [6.07, 6.45) is 0. The van der Waals surface area contributed by atoms with Gasteiger partial charge in [0, 0.05) is 13.1 Å². The van der Waals surface area contributed by atoms with Crippen molar-refractivity contribution in [3.63, 3.8) is 0 Å². The number of carbonyl (C=O) groups is 1. The van der Waals surface area contributed by atoms with Crippen molar-refractivity contribution in [1.82, 2.24) is 4.90 Å². The van der Waals surface area contributed by atoms with E-state index in [0.29, 0.717) is 13.1 Å². The molecule has 0 saturated carbocycles. The van der Waals surface area contributed by atoms with Crippen molar-refractivity contribution in [2.45, 2.75) is 13.5 Å². The smallest absolute Gasteiger partial charge is 0.315 e. The van der Waals surface area contributed by atoms with E-state index >= 15 is 0 Å². The van der Waals surface area contributed by atoms with Crippen LogP contribution in [0.1, 0.15) is 12.5 Å². The van der Waals surface area contributed by atoms with Gasteiger partial charge in [-0.2, -0.15) is 0 Å². The lowest BCUT2D eigenvalue weighted by atomic mass is 10.2. The average molecular weight is 208 g/mol. The Morgan fingerprint density at radius 3 is 2.80 bits per heavy atom. The minimum atomic E-state index is -0.402. The summed E-state index contributed by atoms with van der Waals surface area (Å²) >= 11 is 0. The number of primary amides is 1. The highest BCUT2D eigenvalue weighted by Crippen LogP contribution is 2.14. The van der Waals surface area contributed by atoms with Crippen LogP contribution in [0.15, 0.2) is 24.3 Å². The number of nitrogens with two attached hydrogens (primary N) is 1. The second-order valence-corrected chi connectivity index (χ2v) is 3.20. The first-order valence-electron chi connectivity index (χ1n) is 4.84. The third-order valence-electron chi connectivity index (χ3n) is 2.20. The Hall–Kier alpha value is -1.71. The Morgan fingerprint density at radius 1 is 1.53 bits per heavy atom. The number of rotatable bonds is 4. The zero-order valence-electron chi connectivity index (χ0n) is 9.06. The van der Waals surface area contributed by atoms with Gasteiger partial charge in [0.2, 0.25) is 0 Å². The number of urea groups is 1. The molecule has 0 fully saturated rings. The molecule has 0 aliphatic carbocycles. The number of benzene rings is 1. The zero-order valence-corrected chi connectivity index (χ0v) is 9.06. The van der Waals surface area contributed by atoms with Crippen LogP contribution in [0.4, 0.5) is 4.79 Å². The quantitative estimate of drug-likeness (QED) is 0.817. The lowest BCUT2D eigenvalue weighted by molar-refractivity contribution is 0.208. The Morgan fingerprint density at radius 2 is 2.27 bits per heavy atom. The standard InChI is InChI=1S/C11H16N2O2/c1-3-13(11(12)14)8-9-5-4-6-10(7-9)15-2/h4-7H,3,8H2,1-2H3,(H2,12,14). The van der Waals surface area contributed by atoms with Crippen LogP contribution in [0.3, 0.4) is 0 Å². The molecule has 0 atom stereocenters. The van der Waals surface area contributed by atoms with E-state index in [1.54, 1.807) is 12.0 Å². The number of hydrogen-bond donors (Lipinski definition) is 1. The summed E-state index contributed by atoms with van der Waals surface area (Å²) in [5.74, 6) is 0.785. The molecule has 1 aromatic carbocycles. The fourth-order valence-electron chi connectivity index (χ4n) is 1.34. The van der Waals surface area contributed by atoms with E-state index in [-0.39, 0.29) is 0 Å². The van der Waals surface area contributed by atoms with E-state index in [4.69, 9.17) is 10.5 Å². The maximum atomic E-state index is 11.0. The molecule has 2 amide bonds. The molecule has 4 nitrogen and oxygen atoms in total. The third kappa shape index (κ3) is 3.16. The highest BCUT2D eigenvalue weighted by molar-refractivity contribution is 5.71. The predicted molar refractivity (Wildman–Crippen MR) is 58.7 cm³/mol. The van der Waals surface area contributed by atoms with Crippen molar-refractivity contribution >= 4 is 6.03 Å². The van der Waals surface area contributed by atoms with E-state index in [2.05, 4.69) is 0 Å². The van der Waals surface area contributed by atoms with E-state index in [1.165, 1.54) is 0 Å². The van der Waals surface area contributed by atoms with Gasteiger partial charge in [0.25, 0.3) is 0 Å². The molecule has 0 aromatic heterocycles. The number of hydrogen-bond acceptors (Lipinski definition) is 2. The van der Waals surface area contributed by atoms with Gasteiger partial charge in [-0.1, -0.05) is 12.1 Å². The second-order valence-electron chi connectivity index (χ2n) is 3.20. The maximum Gasteiger partial charge on any atom is 0.315 e. The number of amides is 2. The summed E-state index contributed by atoms with van der Waals surface area (Å²) in [5.41, 5.74) is 6.23. The second kappa shape index (κ2) is 5.24. The van der Waals surface area contributed by atoms with Crippen LogP contribution in [0.2, 0.25) is 0 Å². The fraction of sp³-hybridized carbons (Fsp3) is 0.364. The minimum Gasteiger partial charge on any atom is -0.497 e. The van der Waals surface area contributed by atoms with Crippen molar-refractivity contribution < 1.29 is 9.53 Å². The number of ether oxygens (including phenoxy) is 1. The Balaban J connectivity index is 2.74. The van der Waals surface area contributed by atoms with Gasteiger partial charge < -0.3 is 15.4 Å². The Bertz CT molecular complexity index is 339. The number of methoxy groups -OCH3 is 1. The molecule has 0 saturated heterocycles. The lowest BCUT2D eigenvalue weighted by Crippen LogP contribution is -2.34. The van der Waals surface area contributed by atoms with Crippen LogP contribution in [0.5, 0.6) is 5.75 Å². The van der Waals surface area contributed by atoms with Gasteiger partial charge in [-0.25, -0.2) is 4.79 Å². The first kappa shape index (κ1) is 11.4. The van der Waals surface area contributed by atoms with Crippen LogP contribution in [-0.4, -0.2) is 24.6 Å². The molecule has 0 aliphatic heterocycles. The van der Waals surface area contributed by atoms with E-state index in [9.17, 15) is 4.79 Å². The van der Waals surface area contributed by atoms with Crippen LogP contribution >= 0.6 is 0 Å². The molecule has 1 aromatic rings. The van der Waals surface area contributed by atoms with Crippen molar-refractivity contribution in [3.05, 3.63) is 29.8 Å². The van der Waals surface area contributed by atoms with Crippen molar-refractivity contribution in [2.24, 2.45) is 5.73 Å². The summed E-state index contributed by atoms with van der Waals surface area (Å²) in [7, 11) is 1.62. The molecule has 0 bridgehead atoms. The Labute approximate surface area is 89.6 Å². The molecule has 0 unspecified atom stereocenters. The molecule has 0 radical (unpaired) electrons. The van der Waals surface area contributed by atoms with Gasteiger partial charge in [-0.3, -0.25) is 0 Å². The van der Waals surface area contributed by atoms with Gasteiger partial charge in [0.05, 0.1) is 7.11 Å². The topological polar surface area (TPSA) is 55.6 Å². The zero-order chi connectivity index (χ0) is 11.3. The average Bonchev–Trinajstić information content (AvgIpc) is 2.25. The van der Waals surface area contributed by atoms with Gasteiger partial charge in [-0.15, -0.1) is 0 Å². The van der Waals surface area contributed by atoms with Crippen molar-refractivity contribution in [1.29, 1.82) is 0 Å². The van der Waals surface area contributed by atoms with Gasteiger partial charge in [-0.05, 0) is 24.6 Å². The summed E-state index contributed by atoms with van der Waals surface area (Å²) in [6.45, 7) is 3.01. The summed E-state index contributed by atoms with van der Waals surface area (Å²) in [5, 5.41) is 0. The molecule has 4 heteroatoms. The monoisotopic (exact) mass is 208 g/mol. The summed E-state index contributed by atoms with van der Waals surface area (Å²) in [6, 6.07) is 7.19. The molecule has 1 rings (SSSR count). The molecule has 0 heterocycles. The van der Waals surface area contributed by atoms with Gasteiger partial charge in [0.15, 0.2) is 0 Å². The normalized spacial score (nSPS) is 9.73. The molecular weight excluding hydrogens is 192 g/mol. The largest absolute Gasteiger partial charge is 0.497 e. The van der Waals surface area contributed by atoms with E-state index < -0.39 is 6.03 Å². The van der Waals surface area contributed by atoms with Gasteiger partial charge >= 0.3 is 6.03 Å². The van der Waals surface area contributed by atoms with Gasteiger partial charge in [0.1, 0.15) is 5.75 Å². The molecule has 15 heavy (non-hydrogen) atoms. The minimum absolute atomic E-state index is 0.402. The van der Waals surface area contributed by atoms with Crippen molar-refractivity contribution in [2.75, 3.05) is 13.7 Å². The molecule has 82 valence electrons. The van der Waals surface area contributed by atoms with Crippen LogP contribution in [0.25, 0.3) is 0 Å². The molecular formula is C11H16N2O2. The van der Waals surface area contributed by atoms with E-state index in [1.807, 2.05) is 31.2 Å². The Kier molecular flexibility index (Phi) is 3.97. The number of carbonyl (C=O) groups excluding carboxylic acids is 1. The first-order chi connectivity index (χ1) is 7.17. The summed E-state index contributed by atoms with van der Waals surface area (Å²) < 4.78 is 5.10. The SMILES string of the molecule is CCN(Cc1cccc(OC)c1)C(N)=O. The third-order valence-corrected chi connectivity index (χ3v) is 2.20. The molecule has 0 spiro atoms. The summed E-state index contributed by atoms with van der Waals surface area (Å²) in [4.78, 5) is 12.6. The van der Waals surface area contributed by atoms with E-state index in [0.717, 1.165) is 11.3 Å². The maximum absolute atomic E-state index is 11.0. The molecule has 0 aliphatic rings. The predicted octanol–water partition coefficient (Wildman–Crippen LogP) is 1.60. The number of nitrogens with zero attached hydrogens (tertiary/aromatic N) is 1. The highest BCUT2D eigenvalue weighted by Gasteiger charge is 2.07. The molecule has 2 N–H and O–H groups in total. The van der Waals surface area contributed by atoms with Crippen LogP contribution in [0, 0.1) is 0 Å². The fourth-order valence-corrected chi connectivity index (χ4v) is 1.34. The van der Waals surface area contributed by atoms with Crippen LogP contribution in [-0.2, 0) is 6.54 Å². The van der Waals surface area contributed by atoms with Crippen molar-refractivity contribution in [3.8, 4) is 5.75 Å². The highest BCUT2D eigenvalue weighted by atomic mass is 16.5. The van der Waals surface area contributed by atoms with Crippen LogP contribution < -0.4 is 10.5 Å².